The Labute approximate surface area is 126 Å². The summed E-state index contributed by atoms with van der Waals surface area (Å²) in [6.07, 6.45) is 3.21. The van der Waals surface area contributed by atoms with Crippen LogP contribution in [-0.2, 0) is 24.1 Å². The average Bonchev–Trinajstić information content (AvgIpc) is 2.72. The molecule has 1 aliphatic carbocycles. The number of thiophene rings is 1. The van der Waals surface area contributed by atoms with Gasteiger partial charge >= 0.3 is 5.97 Å². The minimum absolute atomic E-state index is 0.0213. The molecule has 0 atom stereocenters. The maximum atomic E-state index is 12.3. The van der Waals surface area contributed by atoms with E-state index in [0.717, 1.165) is 29.7 Å². The lowest BCUT2D eigenvalue weighted by Gasteiger charge is -2.29. The number of aryl methyl sites for hydroxylation is 2. The van der Waals surface area contributed by atoms with Gasteiger partial charge in [-0.05, 0) is 30.2 Å². The van der Waals surface area contributed by atoms with Crippen molar-refractivity contribution in [1.82, 2.24) is 9.97 Å². The van der Waals surface area contributed by atoms with Gasteiger partial charge in [-0.3, -0.25) is 9.59 Å². The van der Waals surface area contributed by atoms with Gasteiger partial charge in [-0.1, -0.05) is 13.8 Å². The van der Waals surface area contributed by atoms with E-state index in [9.17, 15) is 9.59 Å². The highest BCUT2D eigenvalue weighted by molar-refractivity contribution is 7.18. The molecule has 21 heavy (non-hydrogen) atoms. The molecule has 0 aromatic carbocycles. The highest BCUT2D eigenvalue weighted by Crippen LogP contribution is 2.40. The first kappa shape index (κ1) is 14.3. The summed E-state index contributed by atoms with van der Waals surface area (Å²) in [6.45, 7) is 4.49. The number of hydrogen-bond acceptors (Lipinski definition) is 4. The van der Waals surface area contributed by atoms with E-state index in [-0.39, 0.29) is 23.8 Å². The zero-order valence-electron chi connectivity index (χ0n) is 12.2. The fourth-order valence-electron chi connectivity index (χ4n) is 2.89. The van der Waals surface area contributed by atoms with Crippen molar-refractivity contribution in [2.75, 3.05) is 0 Å². The Morgan fingerprint density at radius 3 is 2.95 bits per heavy atom. The molecule has 2 aromatic heterocycles. The summed E-state index contributed by atoms with van der Waals surface area (Å²) in [4.78, 5) is 32.1. The molecular weight excluding hydrogens is 288 g/mol. The predicted molar refractivity (Wildman–Crippen MR) is 82.0 cm³/mol. The Morgan fingerprint density at radius 1 is 1.48 bits per heavy atom. The number of carboxylic acid groups (broad SMARTS) is 1. The van der Waals surface area contributed by atoms with Gasteiger partial charge in [-0.2, -0.15) is 0 Å². The summed E-state index contributed by atoms with van der Waals surface area (Å²) in [5, 5.41) is 9.44. The Hall–Kier alpha value is -1.69. The van der Waals surface area contributed by atoms with E-state index < -0.39 is 5.97 Å². The van der Waals surface area contributed by atoms with E-state index in [1.807, 2.05) is 0 Å². The molecule has 2 heterocycles. The van der Waals surface area contributed by atoms with Crippen LogP contribution in [0.25, 0.3) is 10.2 Å². The molecule has 2 N–H and O–H groups in total. The summed E-state index contributed by atoms with van der Waals surface area (Å²) < 4.78 is 0. The number of aliphatic carboxylic acids is 1. The second-order valence-electron chi connectivity index (χ2n) is 6.43. The van der Waals surface area contributed by atoms with Crippen LogP contribution in [0.2, 0.25) is 0 Å². The molecule has 112 valence electrons. The maximum absolute atomic E-state index is 12.3. The van der Waals surface area contributed by atoms with Crippen LogP contribution in [-0.4, -0.2) is 21.0 Å². The molecule has 0 aliphatic heterocycles. The van der Waals surface area contributed by atoms with E-state index in [1.165, 1.54) is 4.88 Å². The number of aromatic amines is 1. The van der Waals surface area contributed by atoms with E-state index in [1.54, 1.807) is 11.3 Å². The number of nitrogens with zero attached hydrogens (tertiary/aromatic N) is 1. The van der Waals surface area contributed by atoms with Crippen molar-refractivity contribution in [2.24, 2.45) is 5.41 Å². The topological polar surface area (TPSA) is 83.0 Å². The second kappa shape index (κ2) is 4.94. The van der Waals surface area contributed by atoms with Crippen LogP contribution in [0.15, 0.2) is 4.79 Å². The molecule has 0 unspecified atom stereocenters. The third-order valence-electron chi connectivity index (χ3n) is 4.06. The number of hydrogen-bond donors (Lipinski definition) is 2. The third-order valence-corrected chi connectivity index (χ3v) is 5.19. The quantitative estimate of drug-likeness (QED) is 0.912. The van der Waals surface area contributed by atoms with Gasteiger partial charge in [0, 0.05) is 11.3 Å². The van der Waals surface area contributed by atoms with Crippen LogP contribution in [0.5, 0.6) is 0 Å². The van der Waals surface area contributed by atoms with Gasteiger partial charge in [-0.15, -0.1) is 11.3 Å². The predicted octanol–water partition coefficient (Wildman–Crippen LogP) is 2.52. The van der Waals surface area contributed by atoms with Crippen molar-refractivity contribution in [3.63, 3.8) is 0 Å². The summed E-state index contributed by atoms with van der Waals surface area (Å²) in [5.74, 6) is -0.419. The normalized spacial score (nSPS) is 16.9. The summed E-state index contributed by atoms with van der Waals surface area (Å²) in [5.41, 5.74) is 1.29. The highest BCUT2D eigenvalue weighted by Gasteiger charge is 2.29. The lowest BCUT2D eigenvalue weighted by Crippen LogP contribution is -2.21. The van der Waals surface area contributed by atoms with E-state index in [2.05, 4.69) is 23.8 Å². The van der Waals surface area contributed by atoms with Gasteiger partial charge in [0.2, 0.25) is 0 Å². The molecule has 6 heteroatoms. The summed E-state index contributed by atoms with van der Waals surface area (Å²) >= 11 is 1.59. The van der Waals surface area contributed by atoms with Crippen molar-refractivity contribution < 1.29 is 9.90 Å². The zero-order chi connectivity index (χ0) is 15.2. The first-order valence-electron chi connectivity index (χ1n) is 7.11. The number of carbonyl (C=O) groups is 1. The van der Waals surface area contributed by atoms with Crippen molar-refractivity contribution in [1.29, 1.82) is 0 Å². The number of H-pyrrole nitrogens is 1. The minimum atomic E-state index is -0.884. The van der Waals surface area contributed by atoms with E-state index in [0.29, 0.717) is 11.2 Å². The van der Waals surface area contributed by atoms with Gasteiger partial charge in [0.25, 0.3) is 5.56 Å². The number of aromatic nitrogens is 2. The second-order valence-corrected chi connectivity index (χ2v) is 7.51. The Morgan fingerprint density at radius 2 is 2.24 bits per heavy atom. The lowest BCUT2D eigenvalue weighted by molar-refractivity contribution is -0.137. The first-order valence-corrected chi connectivity index (χ1v) is 7.93. The highest BCUT2D eigenvalue weighted by atomic mass is 32.1. The van der Waals surface area contributed by atoms with Crippen molar-refractivity contribution in [3.8, 4) is 0 Å². The Kier molecular flexibility index (Phi) is 3.36. The van der Waals surface area contributed by atoms with Crippen LogP contribution < -0.4 is 5.56 Å². The SMILES string of the molecule is CC1(C)CCc2c(sc3nc(CCC(=O)O)[nH]c(=O)c23)C1. The Balaban J connectivity index is 2.05. The van der Waals surface area contributed by atoms with Gasteiger partial charge in [0.05, 0.1) is 11.8 Å². The lowest BCUT2D eigenvalue weighted by atomic mass is 9.77. The molecule has 1 aliphatic rings. The smallest absolute Gasteiger partial charge is 0.303 e. The molecular formula is C15H18N2O3S. The molecule has 0 amide bonds. The number of nitrogens with one attached hydrogen (secondary N) is 1. The molecule has 0 radical (unpaired) electrons. The van der Waals surface area contributed by atoms with Crippen LogP contribution in [0, 0.1) is 5.41 Å². The first-order chi connectivity index (χ1) is 9.85. The summed E-state index contributed by atoms with van der Waals surface area (Å²) in [6, 6.07) is 0. The van der Waals surface area contributed by atoms with E-state index >= 15 is 0 Å². The van der Waals surface area contributed by atoms with Gasteiger partial charge < -0.3 is 10.1 Å². The number of carboxylic acids is 1. The van der Waals surface area contributed by atoms with Crippen molar-refractivity contribution in [2.45, 2.75) is 46.0 Å². The van der Waals surface area contributed by atoms with Crippen molar-refractivity contribution >= 4 is 27.5 Å². The van der Waals surface area contributed by atoms with Crippen LogP contribution >= 0.6 is 11.3 Å². The van der Waals surface area contributed by atoms with Gasteiger partial charge in [0.15, 0.2) is 0 Å². The minimum Gasteiger partial charge on any atom is -0.481 e. The Bertz CT molecular complexity index is 773. The third kappa shape index (κ3) is 2.72. The van der Waals surface area contributed by atoms with Crippen molar-refractivity contribution in [3.05, 3.63) is 26.6 Å². The fourth-order valence-corrected chi connectivity index (χ4v) is 4.39. The van der Waals surface area contributed by atoms with Crippen LogP contribution in [0.3, 0.4) is 0 Å². The molecule has 5 nitrogen and oxygen atoms in total. The molecule has 0 fully saturated rings. The largest absolute Gasteiger partial charge is 0.481 e. The zero-order valence-corrected chi connectivity index (χ0v) is 13.0. The molecule has 0 bridgehead atoms. The molecule has 2 aromatic rings. The van der Waals surface area contributed by atoms with E-state index in [4.69, 9.17) is 5.11 Å². The van der Waals surface area contributed by atoms with Crippen LogP contribution in [0.4, 0.5) is 0 Å². The number of fused-ring (bicyclic) bond motifs is 3. The molecule has 0 spiro atoms. The van der Waals surface area contributed by atoms with Gasteiger partial charge in [-0.25, -0.2) is 4.98 Å². The molecule has 0 saturated carbocycles. The number of rotatable bonds is 3. The fraction of sp³-hybridized carbons (Fsp3) is 0.533. The maximum Gasteiger partial charge on any atom is 0.303 e. The summed E-state index contributed by atoms with van der Waals surface area (Å²) in [7, 11) is 0. The van der Waals surface area contributed by atoms with Gasteiger partial charge in [0.1, 0.15) is 10.7 Å². The molecule has 0 saturated heterocycles. The average molecular weight is 306 g/mol. The monoisotopic (exact) mass is 306 g/mol. The molecule has 3 rings (SSSR count). The standard InChI is InChI=1S/C15H18N2O3S/c1-15(2)6-5-8-9(7-15)21-14-12(8)13(20)16-10(17-14)3-4-11(18)19/h3-7H2,1-2H3,(H,18,19)(H,16,17,20). The van der Waals surface area contributed by atoms with Crippen LogP contribution in [0.1, 0.15) is 43.0 Å².